The molecule has 1 N–H and O–H groups in total. The summed E-state index contributed by atoms with van der Waals surface area (Å²) < 4.78 is 0. The summed E-state index contributed by atoms with van der Waals surface area (Å²) in [5.41, 5.74) is 0.274. The molecule has 124 valence electrons. The molecule has 2 unspecified atom stereocenters. The van der Waals surface area contributed by atoms with Crippen molar-refractivity contribution in [3.8, 4) is 0 Å². The maximum Gasteiger partial charge on any atom is 0.238 e. The zero-order valence-corrected chi connectivity index (χ0v) is 14.0. The Labute approximate surface area is 138 Å². The minimum atomic E-state index is -0.792. The maximum absolute atomic E-state index is 12.9. The van der Waals surface area contributed by atoms with Crippen LogP contribution in [0.4, 0.5) is 0 Å². The van der Waals surface area contributed by atoms with E-state index in [4.69, 9.17) is 0 Å². The Morgan fingerprint density at radius 3 is 2.57 bits per heavy atom. The fourth-order valence-corrected chi connectivity index (χ4v) is 3.50. The van der Waals surface area contributed by atoms with E-state index >= 15 is 0 Å². The fraction of sp³-hybridized carbons (Fsp3) is 0.579. The van der Waals surface area contributed by atoms with Gasteiger partial charge in [0.1, 0.15) is 5.41 Å². The van der Waals surface area contributed by atoms with Gasteiger partial charge < -0.3 is 10.2 Å². The van der Waals surface area contributed by atoms with Gasteiger partial charge in [0.2, 0.25) is 11.8 Å². The summed E-state index contributed by atoms with van der Waals surface area (Å²) in [5, 5.41) is 3.04. The highest BCUT2D eigenvalue weighted by molar-refractivity contribution is 6.08. The summed E-state index contributed by atoms with van der Waals surface area (Å²) in [6, 6.07) is 9.81. The summed E-state index contributed by atoms with van der Waals surface area (Å²) in [4.78, 5) is 27.5. The Kier molecular flexibility index (Phi) is 4.42. The number of carbonyl (C=O) groups excluding carboxylic acids is 2. The molecule has 2 fully saturated rings. The SMILES string of the molecule is CC1CCCN(C(=O)C2(C(=O)NC(C)c3ccccc3)CC2)C1. The molecular weight excluding hydrogens is 288 g/mol. The number of hydrogen-bond acceptors (Lipinski definition) is 2. The van der Waals surface area contributed by atoms with Crippen molar-refractivity contribution in [2.24, 2.45) is 11.3 Å². The lowest BCUT2D eigenvalue weighted by molar-refractivity contribution is -0.145. The molecular formula is C19H26N2O2. The fourth-order valence-electron chi connectivity index (χ4n) is 3.50. The van der Waals surface area contributed by atoms with Crippen LogP contribution in [-0.2, 0) is 9.59 Å². The molecule has 1 aromatic rings. The second-order valence-corrected chi connectivity index (χ2v) is 7.19. The largest absolute Gasteiger partial charge is 0.349 e. The van der Waals surface area contributed by atoms with Crippen LogP contribution in [0.1, 0.15) is 51.1 Å². The molecule has 0 aromatic heterocycles. The maximum atomic E-state index is 12.9. The van der Waals surface area contributed by atoms with Crippen molar-refractivity contribution in [3.05, 3.63) is 35.9 Å². The lowest BCUT2D eigenvalue weighted by atomic mass is 9.96. The Morgan fingerprint density at radius 2 is 1.96 bits per heavy atom. The molecule has 1 aliphatic carbocycles. The van der Waals surface area contributed by atoms with Gasteiger partial charge >= 0.3 is 0 Å². The van der Waals surface area contributed by atoms with E-state index in [1.165, 1.54) is 6.42 Å². The van der Waals surface area contributed by atoms with E-state index in [1.807, 2.05) is 42.2 Å². The van der Waals surface area contributed by atoms with Crippen LogP contribution in [0.2, 0.25) is 0 Å². The molecule has 3 rings (SSSR count). The van der Waals surface area contributed by atoms with Gasteiger partial charge in [-0.1, -0.05) is 37.3 Å². The predicted octanol–water partition coefficient (Wildman–Crippen LogP) is 2.90. The zero-order valence-electron chi connectivity index (χ0n) is 14.0. The van der Waals surface area contributed by atoms with Crippen molar-refractivity contribution in [1.82, 2.24) is 10.2 Å². The average molecular weight is 314 g/mol. The lowest BCUT2D eigenvalue weighted by Crippen LogP contribution is -2.48. The van der Waals surface area contributed by atoms with Crippen LogP contribution in [-0.4, -0.2) is 29.8 Å². The molecule has 1 heterocycles. The summed E-state index contributed by atoms with van der Waals surface area (Å²) in [5.74, 6) is 0.480. The molecule has 1 saturated carbocycles. The van der Waals surface area contributed by atoms with Gasteiger partial charge in [-0.15, -0.1) is 0 Å². The molecule has 2 atom stereocenters. The summed E-state index contributed by atoms with van der Waals surface area (Å²) in [6.45, 7) is 5.74. The number of carbonyl (C=O) groups is 2. The number of rotatable bonds is 4. The molecule has 2 aliphatic rings. The van der Waals surface area contributed by atoms with Crippen molar-refractivity contribution < 1.29 is 9.59 Å². The van der Waals surface area contributed by atoms with Gasteiger partial charge in [0, 0.05) is 13.1 Å². The third-order valence-corrected chi connectivity index (χ3v) is 5.19. The number of amides is 2. The first kappa shape index (κ1) is 16.0. The van der Waals surface area contributed by atoms with Crippen molar-refractivity contribution in [3.63, 3.8) is 0 Å². The van der Waals surface area contributed by atoms with E-state index in [0.717, 1.165) is 25.1 Å². The van der Waals surface area contributed by atoms with E-state index < -0.39 is 5.41 Å². The normalized spacial score (nSPS) is 23.9. The quantitative estimate of drug-likeness (QED) is 0.869. The highest BCUT2D eigenvalue weighted by Crippen LogP contribution is 2.48. The lowest BCUT2D eigenvalue weighted by Gasteiger charge is -2.33. The average Bonchev–Trinajstić information content (AvgIpc) is 3.37. The van der Waals surface area contributed by atoms with Gasteiger partial charge in [-0.05, 0) is 44.1 Å². The van der Waals surface area contributed by atoms with Crippen LogP contribution < -0.4 is 5.32 Å². The topological polar surface area (TPSA) is 49.4 Å². The van der Waals surface area contributed by atoms with Crippen LogP contribution in [0.25, 0.3) is 0 Å². The number of nitrogens with zero attached hydrogens (tertiary/aromatic N) is 1. The molecule has 4 heteroatoms. The first-order valence-corrected chi connectivity index (χ1v) is 8.68. The highest BCUT2D eigenvalue weighted by atomic mass is 16.2. The van der Waals surface area contributed by atoms with Gasteiger partial charge in [0.15, 0.2) is 0 Å². The minimum absolute atomic E-state index is 0.0433. The number of hydrogen-bond donors (Lipinski definition) is 1. The minimum Gasteiger partial charge on any atom is -0.349 e. The molecule has 1 aromatic carbocycles. The first-order chi connectivity index (χ1) is 11.0. The monoisotopic (exact) mass is 314 g/mol. The summed E-state index contributed by atoms with van der Waals surface area (Å²) >= 11 is 0. The third-order valence-electron chi connectivity index (χ3n) is 5.19. The Balaban J connectivity index is 1.65. The third kappa shape index (κ3) is 3.26. The Morgan fingerprint density at radius 1 is 1.26 bits per heavy atom. The summed E-state index contributed by atoms with van der Waals surface area (Å²) in [6.07, 6.45) is 3.59. The van der Waals surface area contributed by atoms with Gasteiger partial charge in [-0.3, -0.25) is 9.59 Å². The molecule has 1 saturated heterocycles. The van der Waals surface area contributed by atoms with E-state index in [-0.39, 0.29) is 17.9 Å². The van der Waals surface area contributed by atoms with Crippen LogP contribution in [0, 0.1) is 11.3 Å². The van der Waals surface area contributed by atoms with Crippen LogP contribution in [0.5, 0.6) is 0 Å². The Hall–Kier alpha value is -1.84. The van der Waals surface area contributed by atoms with Crippen molar-refractivity contribution >= 4 is 11.8 Å². The van der Waals surface area contributed by atoms with Crippen LogP contribution in [0.15, 0.2) is 30.3 Å². The highest BCUT2D eigenvalue weighted by Gasteiger charge is 2.58. The molecule has 0 bridgehead atoms. The van der Waals surface area contributed by atoms with Gasteiger partial charge in [-0.2, -0.15) is 0 Å². The van der Waals surface area contributed by atoms with Crippen molar-refractivity contribution in [1.29, 1.82) is 0 Å². The number of likely N-dealkylation sites (tertiary alicyclic amines) is 1. The molecule has 2 amide bonds. The zero-order chi connectivity index (χ0) is 16.4. The standard InChI is InChI=1S/C19H26N2O2/c1-14-7-6-12-21(13-14)18(23)19(10-11-19)17(22)20-15(2)16-8-4-3-5-9-16/h3-5,8-9,14-15H,6-7,10-13H2,1-2H3,(H,20,22). The number of benzene rings is 1. The van der Waals surface area contributed by atoms with E-state index in [9.17, 15) is 9.59 Å². The summed E-state index contributed by atoms with van der Waals surface area (Å²) in [7, 11) is 0. The van der Waals surface area contributed by atoms with Crippen LogP contribution in [0.3, 0.4) is 0 Å². The molecule has 1 aliphatic heterocycles. The van der Waals surface area contributed by atoms with Gasteiger partial charge in [0.05, 0.1) is 6.04 Å². The predicted molar refractivity (Wildman–Crippen MR) is 89.6 cm³/mol. The van der Waals surface area contributed by atoms with E-state index in [2.05, 4.69) is 12.2 Å². The molecule has 4 nitrogen and oxygen atoms in total. The first-order valence-electron chi connectivity index (χ1n) is 8.68. The van der Waals surface area contributed by atoms with Crippen molar-refractivity contribution in [2.45, 2.75) is 45.6 Å². The molecule has 23 heavy (non-hydrogen) atoms. The van der Waals surface area contributed by atoms with Crippen molar-refractivity contribution in [2.75, 3.05) is 13.1 Å². The van der Waals surface area contributed by atoms with E-state index in [0.29, 0.717) is 18.8 Å². The second-order valence-electron chi connectivity index (χ2n) is 7.19. The van der Waals surface area contributed by atoms with E-state index in [1.54, 1.807) is 0 Å². The molecule has 0 spiro atoms. The Bertz CT molecular complexity index is 580. The van der Waals surface area contributed by atoms with Gasteiger partial charge in [-0.25, -0.2) is 0 Å². The molecule has 0 radical (unpaired) electrons. The second kappa shape index (κ2) is 6.34. The number of nitrogens with one attached hydrogen (secondary N) is 1. The number of piperidine rings is 1. The van der Waals surface area contributed by atoms with Gasteiger partial charge in [0.25, 0.3) is 0 Å². The smallest absolute Gasteiger partial charge is 0.238 e. The van der Waals surface area contributed by atoms with Crippen LogP contribution >= 0.6 is 0 Å².